The minimum atomic E-state index is 0. The first-order chi connectivity index (χ1) is 8.31. The standard InChI is InChI=1S/C13H20N2OS.ClH/c1-14-6-2-11-3-7-15(8-4-11)13(16)12-5-9-17-10-12;/h5,9-11,14H,2-4,6-8H2,1H3;1H. The number of carbonyl (C=O) groups excluding carboxylic acids is 1. The summed E-state index contributed by atoms with van der Waals surface area (Å²) in [5, 5.41) is 7.10. The zero-order valence-electron chi connectivity index (χ0n) is 10.7. The maximum absolute atomic E-state index is 12.1. The van der Waals surface area contributed by atoms with Crippen molar-refractivity contribution >= 4 is 29.7 Å². The third-order valence-electron chi connectivity index (χ3n) is 3.47. The molecule has 2 heterocycles. The van der Waals surface area contributed by atoms with E-state index in [4.69, 9.17) is 0 Å². The first-order valence-corrected chi connectivity index (χ1v) is 7.21. The van der Waals surface area contributed by atoms with Gasteiger partial charge in [0.05, 0.1) is 5.56 Å². The van der Waals surface area contributed by atoms with Gasteiger partial charge in [0.1, 0.15) is 0 Å². The van der Waals surface area contributed by atoms with Crippen LogP contribution in [0.15, 0.2) is 16.8 Å². The lowest BCUT2D eigenvalue weighted by molar-refractivity contribution is 0.0687. The SMILES string of the molecule is CNCCC1CCN(C(=O)c2ccsc2)CC1.Cl. The fraction of sp³-hybridized carbons (Fsp3) is 0.615. The van der Waals surface area contributed by atoms with Crippen LogP contribution in [0.25, 0.3) is 0 Å². The quantitative estimate of drug-likeness (QED) is 0.924. The number of amides is 1. The van der Waals surface area contributed by atoms with Crippen molar-refractivity contribution in [2.24, 2.45) is 5.92 Å². The maximum atomic E-state index is 12.1. The van der Waals surface area contributed by atoms with Gasteiger partial charge >= 0.3 is 0 Å². The highest BCUT2D eigenvalue weighted by Gasteiger charge is 2.23. The fourth-order valence-corrected chi connectivity index (χ4v) is 2.97. The van der Waals surface area contributed by atoms with Gasteiger partial charge in [-0.25, -0.2) is 0 Å². The second kappa shape index (κ2) is 7.77. The van der Waals surface area contributed by atoms with Crippen molar-refractivity contribution in [2.45, 2.75) is 19.3 Å². The molecule has 1 aromatic rings. The molecule has 1 fully saturated rings. The molecule has 1 N–H and O–H groups in total. The van der Waals surface area contributed by atoms with Crippen molar-refractivity contribution in [3.63, 3.8) is 0 Å². The third kappa shape index (κ3) is 3.97. The number of nitrogens with one attached hydrogen (secondary N) is 1. The Hall–Kier alpha value is -0.580. The lowest BCUT2D eigenvalue weighted by atomic mass is 9.93. The average molecular weight is 289 g/mol. The maximum Gasteiger partial charge on any atom is 0.254 e. The lowest BCUT2D eigenvalue weighted by Crippen LogP contribution is -2.38. The molecule has 0 radical (unpaired) electrons. The molecule has 1 saturated heterocycles. The second-order valence-corrected chi connectivity index (χ2v) is 5.42. The third-order valence-corrected chi connectivity index (χ3v) is 4.16. The molecule has 2 rings (SSSR count). The summed E-state index contributed by atoms with van der Waals surface area (Å²) in [5.74, 6) is 0.993. The summed E-state index contributed by atoms with van der Waals surface area (Å²) < 4.78 is 0. The first kappa shape index (κ1) is 15.5. The van der Waals surface area contributed by atoms with E-state index in [0.717, 1.165) is 44.0 Å². The molecule has 3 nitrogen and oxygen atoms in total. The minimum Gasteiger partial charge on any atom is -0.339 e. The van der Waals surface area contributed by atoms with Gasteiger partial charge in [-0.15, -0.1) is 12.4 Å². The van der Waals surface area contributed by atoms with Gasteiger partial charge in [-0.2, -0.15) is 11.3 Å². The lowest BCUT2D eigenvalue weighted by Gasteiger charge is -2.31. The minimum absolute atomic E-state index is 0. The molecule has 0 saturated carbocycles. The number of thiophene rings is 1. The zero-order valence-corrected chi connectivity index (χ0v) is 12.4. The Morgan fingerprint density at radius 2 is 2.22 bits per heavy atom. The van der Waals surface area contributed by atoms with Gasteiger partial charge in [0.25, 0.3) is 5.91 Å². The van der Waals surface area contributed by atoms with Gasteiger partial charge in [0.15, 0.2) is 0 Å². The zero-order chi connectivity index (χ0) is 12.1. The number of piperidine rings is 1. The van der Waals surface area contributed by atoms with Crippen LogP contribution in [0.1, 0.15) is 29.6 Å². The predicted molar refractivity (Wildman–Crippen MR) is 78.7 cm³/mol. The summed E-state index contributed by atoms with van der Waals surface area (Å²) in [6, 6.07) is 1.92. The molecule has 5 heteroatoms. The summed E-state index contributed by atoms with van der Waals surface area (Å²) in [7, 11) is 2.00. The fourth-order valence-electron chi connectivity index (χ4n) is 2.34. The summed E-state index contributed by atoms with van der Waals surface area (Å²) in [6.45, 7) is 2.93. The van der Waals surface area contributed by atoms with Gasteiger partial charge < -0.3 is 10.2 Å². The van der Waals surface area contributed by atoms with Gasteiger partial charge in [-0.3, -0.25) is 4.79 Å². The van der Waals surface area contributed by atoms with Gasteiger partial charge in [0, 0.05) is 18.5 Å². The predicted octanol–water partition coefficient (Wildman–Crippen LogP) is 2.63. The second-order valence-electron chi connectivity index (χ2n) is 4.64. The van der Waals surface area contributed by atoms with E-state index in [1.807, 2.05) is 28.8 Å². The Balaban J connectivity index is 0.00000162. The van der Waals surface area contributed by atoms with Gasteiger partial charge in [-0.1, -0.05) is 0 Å². The van der Waals surface area contributed by atoms with E-state index in [-0.39, 0.29) is 18.3 Å². The Kier molecular flexibility index (Phi) is 6.68. The smallest absolute Gasteiger partial charge is 0.254 e. The highest BCUT2D eigenvalue weighted by molar-refractivity contribution is 7.08. The van der Waals surface area contributed by atoms with E-state index in [2.05, 4.69) is 5.32 Å². The van der Waals surface area contributed by atoms with Crippen LogP contribution in [0.4, 0.5) is 0 Å². The molecule has 1 aromatic heterocycles. The van der Waals surface area contributed by atoms with Crippen molar-refractivity contribution in [3.8, 4) is 0 Å². The normalized spacial score (nSPS) is 16.4. The molecule has 1 amide bonds. The van der Waals surface area contributed by atoms with Crippen LogP contribution in [0.2, 0.25) is 0 Å². The Labute approximate surface area is 119 Å². The van der Waals surface area contributed by atoms with E-state index >= 15 is 0 Å². The molecule has 0 spiro atoms. The van der Waals surface area contributed by atoms with Crippen LogP contribution in [0.3, 0.4) is 0 Å². The van der Waals surface area contributed by atoms with Crippen LogP contribution in [0.5, 0.6) is 0 Å². The van der Waals surface area contributed by atoms with Crippen LogP contribution in [-0.4, -0.2) is 37.5 Å². The van der Waals surface area contributed by atoms with Crippen molar-refractivity contribution in [1.82, 2.24) is 10.2 Å². The topological polar surface area (TPSA) is 32.3 Å². The van der Waals surface area contributed by atoms with Crippen molar-refractivity contribution in [2.75, 3.05) is 26.7 Å². The van der Waals surface area contributed by atoms with Crippen molar-refractivity contribution in [1.29, 1.82) is 0 Å². The highest BCUT2D eigenvalue weighted by atomic mass is 35.5. The number of halogens is 1. The monoisotopic (exact) mass is 288 g/mol. The average Bonchev–Trinajstić information content (AvgIpc) is 2.90. The summed E-state index contributed by atoms with van der Waals surface area (Å²) in [4.78, 5) is 14.1. The summed E-state index contributed by atoms with van der Waals surface area (Å²) in [6.07, 6.45) is 3.53. The van der Waals surface area contributed by atoms with Gasteiger partial charge in [0.2, 0.25) is 0 Å². The Morgan fingerprint density at radius 3 is 2.78 bits per heavy atom. The number of hydrogen-bond acceptors (Lipinski definition) is 3. The van der Waals surface area contributed by atoms with E-state index < -0.39 is 0 Å². The molecular formula is C13H21ClN2OS. The molecule has 0 aliphatic carbocycles. The molecular weight excluding hydrogens is 268 g/mol. The molecule has 0 aromatic carbocycles. The van der Waals surface area contributed by atoms with Gasteiger partial charge in [-0.05, 0) is 50.2 Å². The van der Waals surface area contributed by atoms with Crippen molar-refractivity contribution < 1.29 is 4.79 Å². The molecule has 0 atom stereocenters. The van der Waals surface area contributed by atoms with Crippen LogP contribution in [0, 0.1) is 5.92 Å². The largest absolute Gasteiger partial charge is 0.339 e. The number of hydrogen-bond donors (Lipinski definition) is 1. The number of likely N-dealkylation sites (tertiary alicyclic amines) is 1. The summed E-state index contributed by atoms with van der Waals surface area (Å²) >= 11 is 1.59. The van der Waals surface area contributed by atoms with Crippen LogP contribution in [-0.2, 0) is 0 Å². The van der Waals surface area contributed by atoms with E-state index in [0.29, 0.717) is 0 Å². The number of rotatable bonds is 4. The number of nitrogens with zero attached hydrogens (tertiary/aromatic N) is 1. The molecule has 18 heavy (non-hydrogen) atoms. The van der Waals surface area contributed by atoms with Crippen molar-refractivity contribution in [3.05, 3.63) is 22.4 Å². The highest BCUT2D eigenvalue weighted by Crippen LogP contribution is 2.21. The van der Waals surface area contributed by atoms with E-state index in [9.17, 15) is 4.79 Å². The first-order valence-electron chi connectivity index (χ1n) is 6.27. The van der Waals surface area contributed by atoms with Crippen LogP contribution < -0.4 is 5.32 Å². The molecule has 1 aliphatic heterocycles. The van der Waals surface area contributed by atoms with E-state index in [1.54, 1.807) is 11.3 Å². The Morgan fingerprint density at radius 1 is 1.50 bits per heavy atom. The molecule has 0 unspecified atom stereocenters. The Bertz CT molecular complexity index is 348. The molecule has 102 valence electrons. The molecule has 0 bridgehead atoms. The molecule has 1 aliphatic rings. The van der Waals surface area contributed by atoms with E-state index in [1.165, 1.54) is 6.42 Å². The number of carbonyl (C=O) groups is 1. The summed E-state index contributed by atoms with van der Waals surface area (Å²) in [5.41, 5.74) is 0.851. The van der Waals surface area contributed by atoms with Crippen LogP contribution >= 0.6 is 23.7 Å².